The molecule has 0 aromatic heterocycles. The van der Waals surface area contributed by atoms with Gasteiger partial charge in [0, 0.05) is 30.6 Å². The minimum Gasteiger partial charge on any atom is -0.450 e. The largest absolute Gasteiger partial charge is 0.450 e. The van der Waals surface area contributed by atoms with E-state index in [-0.39, 0.29) is 17.7 Å². The number of aliphatic hydroxyl groups excluding tert-OH is 1. The Kier molecular flexibility index (Phi) is 2.80. The van der Waals surface area contributed by atoms with Crippen LogP contribution in [0, 0.1) is 0 Å². The normalized spacial score (nSPS) is 50.0. The van der Waals surface area contributed by atoms with Gasteiger partial charge in [0.25, 0.3) is 0 Å². The Morgan fingerprint density at radius 1 is 1.36 bits per heavy atom. The molecule has 3 aliphatic heterocycles. The van der Waals surface area contributed by atoms with Crippen molar-refractivity contribution in [2.75, 3.05) is 6.54 Å². The molecule has 5 rings (SSSR count). The maximum absolute atomic E-state index is 11.9. The fraction of sp³-hybridized carbons (Fsp3) is 0.824. The summed E-state index contributed by atoms with van der Waals surface area (Å²) in [7, 11) is 0. The fourth-order valence-electron chi connectivity index (χ4n) is 5.58. The Balaban J connectivity index is 1.45. The van der Waals surface area contributed by atoms with E-state index in [0.29, 0.717) is 24.2 Å². The molecular weight excluding hydrogens is 280 g/mol. The van der Waals surface area contributed by atoms with Gasteiger partial charge in [-0.05, 0) is 44.2 Å². The van der Waals surface area contributed by atoms with Crippen LogP contribution in [0.4, 0.5) is 0 Å². The van der Waals surface area contributed by atoms with Crippen molar-refractivity contribution in [3.63, 3.8) is 0 Å². The number of piperidine rings is 1. The van der Waals surface area contributed by atoms with E-state index in [1.807, 2.05) is 0 Å². The molecule has 0 amide bonds. The van der Waals surface area contributed by atoms with Crippen LogP contribution in [0.25, 0.3) is 0 Å². The highest BCUT2D eigenvalue weighted by Crippen LogP contribution is 2.54. The predicted octanol–water partition coefficient (Wildman–Crippen LogP) is 0.720. The predicted molar refractivity (Wildman–Crippen MR) is 80.2 cm³/mol. The van der Waals surface area contributed by atoms with E-state index in [1.165, 1.54) is 18.4 Å². The molecule has 1 spiro atoms. The summed E-state index contributed by atoms with van der Waals surface area (Å²) in [6.07, 6.45) is 8.91. The number of ether oxygens (including phenoxy) is 1. The van der Waals surface area contributed by atoms with Crippen LogP contribution in [-0.2, 0) is 9.53 Å². The quantitative estimate of drug-likeness (QED) is 0.736. The molecule has 2 bridgehead atoms. The molecule has 0 radical (unpaired) electrons. The standard InChI is InChI=1S/C17H24N2O3/c20-12-7-11(8-12)18-13-5-10-6-16(21)22-17(10)9-14(13)19-4-2-1-3-15(17)19/h6,11-15,18,20H,1-5,7-9H2/t11?,12?,13?,14-,15+,17-/m0/s1. The molecule has 2 saturated heterocycles. The van der Waals surface area contributed by atoms with Crippen LogP contribution in [0.3, 0.4) is 0 Å². The lowest BCUT2D eigenvalue weighted by Crippen LogP contribution is -2.56. The molecule has 5 aliphatic rings. The van der Waals surface area contributed by atoms with Crippen molar-refractivity contribution in [2.45, 2.75) is 80.8 Å². The number of carbonyl (C=O) groups is 1. The van der Waals surface area contributed by atoms with E-state index in [4.69, 9.17) is 4.74 Å². The Morgan fingerprint density at radius 2 is 2.23 bits per heavy atom. The van der Waals surface area contributed by atoms with Crippen molar-refractivity contribution >= 4 is 5.97 Å². The molecule has 1 unspecified atom stereocenters. The smallest absolute Gasteiger partial charge is 0.331 e. The number of esters is 1. The molecule has 0 aromatic carbocycles. The number of rotatable bonds is 2. The molecule has 22 heavy (non-hydrogen) atoms. The van der Waals surface area contributed by atoms with Crippen LogP contribution in [-0.4, -0.2) is 58.4 Å². The Morgan fingerprint density at radius 3 is 3.05 bits per heavy atom. The topological polar surface area (TPSA) is 61.8 Å². The fourth-order valence-corrected chi connectivity index (χ4v) is 5.58. The summed E-state index contributed by atoms with van der Waals surface area (Å²) in [6.45, 7) is 1.13. The first-order chi connectivity index (χ1) is 10.7. The van der Waals surface area contributed by atoms with Gasteiger partial charge in [0.05, 0.1) is 12.1 Å². The molecule has 2 aliphatic carbocycles. The first-order valence-electron chi connectivity index (χ1n) is 8.79. The van der Waals surface area contributed by atoms with Crippen molar-refractivity contribution in [1.82, 2.24) is 10.2 Å². The van der Waals surface area contributed by atoms with Crippen molar-refractivity contribution in [1.29, 1.82) is 0 Å². The second-order valence-electron chi connectivity index (χ2n) is 7.80. The van der Waals surface area contributed by atoms with Gasteiger partial charge in [-0.1, -0.05) is 6.42 Å². The van der Waals surface area contributed by atoms with Gasteiger partial charge >= 0.3 is 5.97 Å². The van der Waals surface area contributed by atoms with Crippen molar-refractivity contribution in [3.05, 3.63) is 11.6 Å². The van der Waals surface area contributed by atoms with Crippen molar-refractivity contribution in [3.8, 4) is 0 Å². The van der Waals surface area contributed by atoms with Gasteiger partial charge in [0.2, 0.25) is 0 Å². The zero-order valence-corrected chi connectivity index (χ0v) is 12.8. The first kappa shape index (κ1) is 13.5. The van der Waals surface area contributed by atoms with E-state index in [2.05, 4.69) is 10.2 Å². The van der Waals surface area contributed by atoms with Gasteiger partial charge in [-0.2, -0.15) is 0 Å². The Hall–Kier alpha value is -0.910. The molecule has 2 saturated carbocycles. The lowest BCUT2D eigenvalue weighted by molar-refractivity contribution is -0.148. The van der Waals surface area contributed by atoms with Gasteiger partial charge in [-0.15, -0.1) is 0 Å². The number of nitrogens with one attached hydrogen (secondary N) is 1. The summed E-state index contributed by atoms with van der Waals surface area (Å²) in [5.41, 5.74) is 0.917. The molecule has 120 valence electrons. The second-order valence-corrected chi connectivity index (χ2v) is 7.80. The third kappa shape index (κ3) is 1.73. The van der Waals surface area contributed by atoms with Crippen LogP contribution in [0.1, 0.15) is 44.9 Å². The van der Waals surface area contributed by atoms with Crippen molar-refractivity contribution in [2.24, 2.45) is 0 Å². The number of fused-ring (bicyclic) bond motifs is 3. The van der Waals surface area contributed by atoms with Crippen LogP contribution < -0.4 is 5.32 Å². The van der Waals surface area contributed by atoms with E-state index in [9.17, 15) is 9.90 Å². The maximum Gasteiger partial charge on any atom is 0.331 e. The highest BCUT2D eigenvalue weighted by molar-refractivity contribution is 5.87. The van der Waals surface area contributed by atoms with E-state index >= 15 is 0 Å². The lowest BCUT2D eigenvalue weighted by Gasteiger charge is -2.41. The van der Waals surface area contributed by atoms with Crippen molar-refractivity contribution < 1.29 is 14.6 Å². The Labute approximate surface area is 130 Å². The summed E-state index contributed by atoms with van der Waals surface area (Å²) in [6, 6.07) is 1.71. The first-order valence-corrected chi connectivity index (χ1v) is 8.79. The van der Waals surface area contributed by atoms with Crippen LogP contribution in [0.5, 0.6) is 0 Å². The van der Waals surface area contributed by atoms with E-state index < -0.39 is 0 Å². The zero-order valence-electron chi connectivity index (χ0n) is 12.8. The summed E-state index contributed by atoms with van der Waals surface area (Å²) in [4.78, 5) is 14.6. The molecule has 4 fully saturated rings. The summed E-state index contributed by atoms with van der Waals surface area (Å²) in [5.74, 6) is -0.138. The summed E-state index contributed by atoms with van der Waals surface area (Å²) < 4.78 is 5.88. The molecule has 0 aromatic rings. The molecular formula is C17H24N2O3. The van der Waals surface area contributed by atoms with Crippen LogP contribution in [0.2, 0.25) is 0 Å². The minimum atomic E-state index is -0.306. The van der Waals surface area contributed by atoms with E-state index in [0.717, 1.165) is 38.6 Å². The Bertz CT molecular complexity index is 542. The summed E-state index contributed by atoms with van der Waals surface area (Å²) in [5, 5.41) is 13.3. The average molecular weight is 304 g/mol. The number of nitrogens with zero attached hydrogens (tertiary/aromatic N) is 1. The van der Waals surface area contributed by atoms with Crippen LogP contribution in [0.15, 0.2) is 11.6 Å². The highest BCUT2D eigenvalue weighted by Gasteiger charge is 2.63. The maximum atomic E-state index is 11.9. The molecule has 5 nitrogen and oxygen atoms in total. The average Bonchev–Trinajstić information content (AvgIpc) is 2.95. The number of carbonyl (C=O) groups excluding carboxylic acids is 1. The SMILES string of the molecule is O=C1C=C2CC(NC3CC(O)C3)[C@@H]3C[C@@]2(O1)[C@H]1CCCCN31. The molecule has 5 heteroatoms. The van der Waals surface area contributed by atoms with Gasteiger partial charge < -0.3 is 15.2 Å². The number of hydrogen-bond acceptors (Lipinski definition) is 5. The number of hydrogen-bond donors (Lipinski definition) is 2. The second kappa shape index (κ2) is 4.56. The number of aliphatic hydroxyl groups is 1. The van der Waals surface area contributed by atoms with Crippen LogP contribution >= 0.6 is 0 Å². The highest BCUT2D eigenvalue weighted by atomic mass is 16.6. The lowest BCUT2D eigenvalue weighted by atomic mass is 9.75. The van der Waals surface area contributed by atoms with E-state index in [1.54, 1.807) is 6.08 Å². The third-order valence-corrected chi connectivity index (χ3v) is 6.61. The summed E-state index contributed by atoms with van der Waals surface area (Å²) >= 11 is 0. The molecule has 3 heterocycles. The van der Waals surface area contributed by atoms with Gasteiger partial charge in [0.15, 0.2) is 5.60 Å². The molecule has 4 atom stereocenters. The minimum absolute atomic E-state index is 0.123. The van der Waals surface area contributed by atoms with Gasteiger partial charge in [-0.3, -0.25) is 4.90 Å². The van der Waals surface area contributed by atoms with Gasteiger partial charge in [-0.25, -0.2) is 4.79 Å². The van der Waals surface area contributed by atoms with Gasteiger partial charge in [0.1, 0.15) is 0 Å². The zero-order chi connectivity index (χ0) is 14.9. The molecule has 2 N–H and O–H groups in total. The monoisotopic (exact) mass is 304 g/mol. The third-order valence-electron chi connectivity index (χ3n) is 6.61.